The van der Waals surface area contributed by atoms with Gasteiger partial charge >= 0.3 is 0 Å². The molecule has 0 atom stereocenters. The minimum Gasteiger partial charge on any atom is -0.495 e. The van der Waals surface area contributed by atoms with E-state index in [1.807, 2.05) is 13.8 Å². The molecular formula is C21H27ClN2O5S. The fraction of sp³-hybridized carbons (Fsp3) is 0.381. The zero-order chi connectivity index (χ0) is 22.1. The van der Waals surface area contributed by atoms with E-state index in [1.165, 1.54) is 25.3 Å². The smallest absolute Gasteiger partial charge is 0.264 e. The molecule has 2 aromatic carbocycles. The van der Waals surface area contributed by atoms with Gasteiger partial charge in [-0.15, -0.1) is 0 Å². The molecule has 0 radical (unpaired) electrons. The molecule has 2 aromatic rings. The molecule has 0 spiro atoms. The molecule has 0 aromatic heterocycles. The summed E-state index contributed by atoms with van der Waals surface area (Å²) in [5.74, 6) is -0.0157. The highest BCUT2D eigenvalue weighted by atomic mass is 35.5. The predicted octanol–water partition coefficient (Wildman–Crippen LogP) is 3.48. The molecular weight excluding hydrogens is 428 g/mol. The van der Waals surface area contributed by atoms with E-state index in [-0.39, 0.29) is 28.3 Å². The molecule has 0 saturated heterocycles. The number of halogens is 1. The molecule has 0 aliphatic carbocycles. The van der Waals surface area contributed by atoms with Gasteiger partial charge in [0.2, 0.25) is 5.91 Å². The number of nitrogens with one attached hydrogen (secondary N) is 1. The van der Waals surface area contributed by atoms with E-state index in [2.05, 4.69) is 5.32 Å². The van der Waals surface area contributed by atoms with Gasteiger partial charge in [-0.2, -0.15) is 0 Å². The van der Waals surface area contributed by atoms with Gasteiger partial charge in [-0.3, -0.25) is 9.10 Å². The molecule has 164 valence electrons. The molecule has 30 heavy (non-hydrogen) atoms. The van der Waals surface area contributed by atoms with Crippen molar-refractivity contribution in [3.8, 4) is 5.75 Å². The summed E-state index contributed by atoms with van der Waals surface area (Å²) in [6.07, 6.45) is 0.746. The average molecular weight is 455 g/mol. The first kappa shape index (κ1) is 24.0. The van der Waals surface area contributed by atoms with Crippen molar-refractivity contribution in [3.63, 3.8) is 0 Å². The van der Waals surface area contributed by atoms with Crippen molar-refractivity contribution in [1.29, 1.82) is 0 Å². The second kappa shape index (κ2) is 11.2. The fourth-order valence-corrected chi connectivity index (χ4v) is 4.34. The van der Waals surface area contributed by atoms with Crippen LogP contribution in [0, 0.1) is 0 Å². The highest BCUT2D eigenvalue weighted by Gasteiger charge is 2.27. The van der Waals surface area contributed by atoms with Crippen molar-refractivity contribution in [2.24, 2.45) is 0 Å². The Balaban J connectivity index is 2.22. The van der Waals surface area contributed by atoms with Gasteiger partial charge in [0.25, 0.3) is 10.0 Å². The van der Waals surface area contributed by atoms with Gasteiger partial charge in [0, 0.05) is 13.2 Å². The summed E-state index contributed by atoms with van der Waals surface area (Å²) in [4.78, 5) is 12.6. The Labute approximate surface area is 183 Å². The van der Waals surface area contributed by atoms with Gasteiger partial charge in [0.15, 0.2) is 0 Å². The summed E-state index contributed by atoms with van der Waals surface area (Å²) >= 11 is 6.19. The molecule has 0 bridgehead atoms. The number of benzene rings is 2. The van der Waals surface area contributed by atoms with E-state index >= 15 is 0 Å². The monoisotopic (exact) mass is 454 g/mol. The highest BCUT2D eigenvalue weighted by molar-refractivity contribution is 7.92. The maximum Gasteiger partial charge on any atom is 0.264 e. The number of hydrogen-bond donors (Lipinski definition) is 1. The third kappa shape index (κ3) is 6.62. The zero-order valence-electron chi connectivity index (χ0n) is 17.3. The van der Waals surface area contributed by atoms with Crippen molar-refractivity contribution in [1.82, 2.24) is 5.32 Å². The molecule has 2 rings (SSSR count). The number of nitrogens with zero attached hydrogens (tertiary/aromatic N) is 1. The molecule has 9 heteroatoms. The number of carbonyl (C=O) groups is 1. The van der Waals surface area contributed by atoms with Crippen molar-refractivity contribution in [2.45, 2.75) is 31.3 Å². The first-order valence-electron chi connectivity index (χ1n) is 9.55. The van der Waals surface area contributed by atoms with E-state index in [0.717, 1.165) is 4.31 Å². The minimum atomic E-state index is -3.98. The van der Waals surface area contributed by atoms with Gasteiger partial charge in [0.05, 0.1) is 28.8 Å². The second-order valence-corrected chi connectivity index (χ2v) is 9.04. The number of rotatable bonds is 11. The van der Waals surface area contributed by atoms with Crippen molar-refractivity contribution in [2.75, 3.05) is 31.1 Å². The van der Waals surface area contributed by atoms with Crippen LogP contribution in [-0.4, -0.2) is 47.2 Å². The van der Waals surface area contributed by atoms with Crippen LogP contribution in [0.15, 0.2) is 53.4 Å². The van der Waals surface area contributed by atoms with Crippen molar-refractivity contribution < 1.29 is 22.7 Å². The van der Waals surface area contributed by atoms with E-state index < -0.39 is 15.9 Å². The molecule has 0 saturated carbocycles. The maximum atomic E-state index is 13.2. The van der Waals surface area contributed by atoms with Crippen LogP contribution in [0.3, 0.4) is 0 Å². The van der Waals surface area contributed by atoms with Crippen LogP contribution < -0.4 is 14.4 Å². The number of sulfonamides is 1. The Morgan fingerprint density at radius 2 is 1.87 bits per heavy atom. The van der Waals surface area contributed by atoms with Gasteiger partial charge in [-0.05, 0) is 50.6 Å². The normalized spacial score (nSPS) is 11.4. The number of methoxy groups -OCH3 is 1. The number of ether oxygens (including phenoxy) is 2. The lowest BCUT2D eigenvalue weighted by Gasteiger charge is -2.24. The predicted molar refractivity (Wildman–Crippen MR) is 118 cm³/mol. The number of carbonyl (C=O) groups excluding carboxylic acids is 1. The second-order valence-electron chi connectivity index (χ2n) is 6.77. The van der Waals surface area contributed by atoms with Crippen LogP contribution in [-0.2, 0) is 19.6 Å². The lowest BCUT2D eigenvalue weighted by atomic mass is 10.3. The Kier molecular flexibility index (Phi) is 8.95. The van der Waals surface area contributed by atoms with Crippen LogP contribution in [0.25, 0.3) is 0 Å². The van der Waals surface area contributed by atoms with Gasteiger partial charge in [-0.25, -0.2) is 8.42 Å². The van der Waals surface area contributed by atoms with Crippen molar-refractivity contribution in [3.05, 3.63) is 53.6 Å². The van der Waals surface area contributed by atoms with Crippen LogP contribution >= 0.6 is 11.6 Å². The SMILES string of the molecule is COc1ccc(N(CC(=O)NCCCOC(C)C)S(=O)(=O)c2ccccc2)cc1Cl. The van der Waals surface area contributed by atoms with Crippen LogP contribution in [0.2, 0.25) is 5.02 Å². The number of amides is 1. The number of anilines is 1. The van der Waals surface area contributed by atoms with Crippen LogP contribution in [0.4, 0.5) is 5.69 Å². The Morgan fingerprint density at radius 1 is 1.17 bits per heavy atom. The fourth-order valence-electron chi connectivity index (χ4n) is 2.65. The Hall–Kier alpha value is -2.29. The largest absolute Gasteiger partial charge is 0.495 e. The minimum absolute atomic E-state index is 0.0788. The summed E-state index contributed by atoms with van der Waals surface area (Å²) in [6, 6.07) is 12.5. The Morgan fingerprint density at radius 3 is 2.47 bits per heavy atom. The van der Waals surface area contributed by atoms with Crippen LogP contribution in [0.1, 0.15) is 20.3 Å². The van der Waals surface area contributed by atoms with Gasteiger partial charge < -0.3 is 14.8 Å². The molecule has 0 unspecified atom stereocenters. The topological polar surface area (TPSA) is 84.9 Å². The third-order valence-electron chi connectivity index (χ3n) is 4.14. The standard InChI is InChI=1S/C21H27ClN2O5S/c1-16(2)29-13-7-12-23-21(25)15-24(17-10-11-20(28-3)19(22)14-17)30(26,27)18-8-5-4-6-9-18/h4-6,8-11,14,16H,7,12-13,15H2,1-3H3,(H,23,25). The van der Waals surface area contributed by atoms with E-state index in [1.54, 1.807) is 30.3 Å². The molecule has 1 amide bonds. The summed E-state index contributed by atoms with van der Waals surface area (Å²) in [5, 5.41) is 2.98. The molecule has 1 N–H and O–H groups in total. The summed E-state index contributed by atoms with van der Waals surface area (Å²) < 4.78 is 38.1. The maximum absolute atomic E-state index is 13.2. The van der Waals surface area contributed by atoms with E-state index in [9.17, 15) is 13.2 Å². The Bertz CT molecular complexity index is 936. The zero-order valence-corrected chi connectivity index (χ0v) is 18.9. The van der Waals surface area contributed by atoms with E-state index in [0.29, 0.717) is 25.3 Å². The average Bonchev–Trinajstić information content (AvgIpc) is 2.72. The van der Waals surface area contributed by atoms with Crippen LogP contribution in [0.5, 0.6) is 5.75 Å². The third-order valence-corrected chi connectivity index (χ3v) is 6.22. The quantitative estimate of drug-likeness (QED) is 0.525. The molecule has 0 aliphatic rings. The molecule has 0 aliphatic heterocycles. The molecule has 7 nitrogen and oxygen atoms in total. The first-order valence-corrected chi connectivity index (χ1v) is 11.4. The lowest BCUT2D eigenvalue weighted by molar-refractivity contribution is -0.119. The number of hydrogen-bond acceptors (Lipinski definition) is 5. The lowest BCUT2D eigenvalue weighted by Crippen LogP contribution is -2.41. The van der Waals surface area contributed by atoms with E-state index in [4.69, 9.17) is 21.1 Å². The summed E-state index contributed by atoms with van der Waals surface area (Å²) in [7, 11) is -2.52. The molecule has 0 heterocycles. The summed E-state index contributed by atoms with van der Waals surface area (Å²) in [6.45, 7) is 4.38. The first-order chi connectivity index (χ1) is 14.3. The molecule has 0 fully saturated rings. The van der Waals surface area contributed by atoms with Crippen molar-refractivity contribution >= 4 is 33.2 Å². The van der Waals surface area contributed by atoms with Gasteiger partial charge in [-0.1, -0.05) is 29.8 Å². The summed E-state index contributed by atoms with van der Waals surface area (Å²) in [5.41, 5.74) is 0.267. The van der Waals surface area contributed by atoms with Gasteiger partial charge in [0.1, 0.15) is 12.3 Å². The highest BCUT2D eigenvalue weighted by Crippen LogP contribution is 2.31.